The summed E-state index contributed by atoms with van der Waals surface area (Å²) in [5, 5.41) is 13.1. The van der Waals surface area contributed by atoms with Gasteiger partial charge in [-0.3, -0.25) is 0 Å². The lowest BCUT2D eigenvalue weighted by molar-refractivity contribution is -0.139. The highest BCUT2D eigenvalue weighted by molar-refractivity contribution is 6.32. The van der Waals surface area contributed by atoms with Crippen molar-refractivity contribution in [3.63, 3.8) is 0 Å². The molecule has 0 saturated carbocycles. The number of hydrogen-bond donors (Lipinski definition) is 2. The Morgan fingerprint density at radius 2 is 2.03 bits per heavy atom. The monoisotopic (exact) mass is 442 g/mol. The molecule has 1 fully saturated rings. The Hall–Kier alpha value is -3.10. The summed E-state index contributed by atoms with van der Waals surface area (Å²) in [6, 6.07) is 10.8. The quantitative estimate of drug-likeness (QED) is 0.567. The number of nitrogens with one attached hydrogen (secondary N) is 1. The van der Waals surface area contributed by atoms with E-state index >= 15 is 0 Å². The molecule has 1 aromatic heterocycles. The zero-order valence-corrected chi connectivity index (χ0v) is 17.8. The summed E-state index contributed by atoms with van der Waals surface area (Å²) in [5.74, 6) is 0.572. The molecule has 0 radical (unpaired) electrons. The van der Waals surface area contributed by atoms with Crippen molar-refractivity contribution < 1.29 is 19.4 Å². The number of rotatable bonds is 7. The molecule has 0 aliphatic carbocycles. The SMILES string of the molecule is CN1CCC(Oc2cccc3ncnc(Nc4ccc(OCC(=O)O)c(Cl)c4)c23)CC1. The number of nitrogens with zero attached hydrogens (tertiary/aromatic N) is 3. The maximum Gasteiger partial charge on any atom is 0.341 e. The van der Waals surface area contributed by atoms with Crippen molar-refractivity contribution in [2.45, 2.75) is 18.9 Å². The number of carboxylic acid groups (broad SMARTS) is 1. The smallest absolute Gasteiger partial charge is 0.341 e. The summed E-state index contributed by atoms with van der Waals surface area (Å²) >= 11 is 6.25. The van der Waals surface area contributed by atoms with Crippen LogP contribution in [0.15, 0.2) is 42.7 Å². The number of fused-ring (bicyclic) bond motifs is 1. The molecule has 3 aromatic rings. The first-order chi connectivity index (χ1) is 15.0. The fraction of sp³-hybridized carbons (Fsp3) is 0.318. The highest BCUT2D eigenvalue weighted by Gasteiger charge is 2.20. The Bertz CT molecular complexity index is 1080. The van der Waals surface area contributed by atoms with Gasteiger partial charge in [-0.05, 0) is 50.2 Å². The number of piperidine rings is 1. The Morgan fingerprint density at radius 1 is 1.23 bits per heavy atom. The molecule has 31 heavy (non-hydrogen) atoms. The van der Waals surface area contributed by atoms with Gasteiger partial charge in [0.1, 0.15) is 29.7 Å². The summed E-state index contributed by atoms with van der Waals surface area (Å²) in [6.45, 7) is 1.55. The van der Waals surface area contributed by atoms with Crippen molar-refractivity contribution in [3.8, 4) is 11.5 Å². The summed E-state index contributed by atoms with van der Waals surface area (Å²) < 4.78 is 11.5. The molecule has 0 atom stereocenters. The summed E-state index contributed by atoms with van der Waals surface area (Å²) in [7, 11) is 2.12. The average molecular weight is 443 g/mol. The molecular formula is C22H23ClN4O4. The molecule has 4 rings (SSSR count). The van der Waals surface area contributed by atoms with Crippen LogP contribution in [-0.4, -0.2) is 58.8 Å². The third-order valence-corrected chi connectivity index (χ3v) is 5.43. The number of benzene rings is 2. The molecule has 2 heterocycles. The molecule has 0 amide bonds. The molecule has 1 aliphatic rings. The number of ether oxygens (including phenoxy) is 2. The van der Waals surface area contributed by atoms with Crippen molar-refractivity contribution >= 4 is 40.0 Å². The van der Waals surface area contributed by atoms with Crippen LogP contribution in [0.4, 0.5) is 11.5 Å². The number of carboxylic acids is 1. The number of anilines is 2. The Labute approximate surface area is 184 Å². The van der Waals surface area contributed by atoms with Gasteiger partial charge in [-0.2, -0.15) is 0 Å². The fourth-order valence-corrected chi connectivity index (χ4v) is 3.76. The van der Waals surface area contributed by atoms with Crippen molar-refractivity contribution in [2.24, 2.45) is 0 Å². The first-order valence-electron chi connectivity index (χ1n) is 9.99. The van der Waals surface area contributed by atoms with Crippen molar-refractivity contribution in [3.05, 3.63) is 47.7 Å². The van der Waals surface area contributed by atoms with Crippen LogP contribution in [0.3, 0.4) is 0 Å². The molecule has 2 N–H and O–H groups in total. The van der Waals surface area contributed by atoms with Gasteiger partial charge in [0.25, 0.3) is 0 Å². The molecule has 0 unspecified atom stereocenters. The standard InChI is InChI=1S/C22H23ClN4O4/c1-27-9-7-15(8-10-27)31-19-4-2-3-17-21(19)22(25-13-24-17)26-14-5-6-18(16(23)11-14)30-12-20(28)29/h2-6,11,13,15H,7-10,12H2,1H3,(H,28,29)(H,24,25,26). The van der Waals surface area contributed by atoms with Crippen molar-refractivity contribution in [1.29, 1.82) is 0 Å². The normalized spacial score (nSPS) is 15.0. The average Bonchev–Trinajstić information content (AvgIpc) is 2.75. The van der Waals surface area contributed by atoms with Crippen LogP contribution in [0.2, 0.25) is 5.02 Å². The zero-order chi connectivity index (χ0) is 21.8. The van der Waals surface area contributed by atoms with Gasteiger partial charge in [-0.25, -0.2) is 14.8 Å². The second-order valence-corrected chi connectivity index (χ2v) is 7.85. The number of carbonyl (C=O) groups is 1. The maximum absolute atomic E-state index is 10.7. The molecule has 2 aromatic carbocycles. The fourth-order valence-electron chi connectivity index (χ4n) is 3.53. The number of hydrogen-bond acceptors (Lipinski definition) is 7. The molecule has 162 valence electrons. The predicted molar refractivity (Wildman–Crippen MR) is 119 cm³/mol. The van der Waals surface area contributed by atoms with Crippen molar-refractivity contribution in [2.75, 3.05) is 32.1 Å². The lowest BCUT2D eigenvalue weighted by Gasteiger charge is -2.29. The number of aliphatic carboxylic acids is 1. The van der Waals surface area contributed by atoms with Crippen LogP contribution in [0, 0.1) is 0 Å². The van der Waals surface area contributed by atoms with Gasteiger partial charge in [0.2, 0.25) is 0 Å². The van der Waals surface area contributed by atoms with Crippen LogP contribution in [0.1, 0.15) is 12.8 Å². The molecule has 0 spiro atoms. The molecule has 1 aliphatic heterocycles. The number of likely N-dealkylation sites (tertiary alicyclic amines) is 1. The van der Waals surface area contributed by atoms with E-state index in [0.717, 1.165) is 42.6 Å². The zero-order valence-electron chi connectivity index (χ0n) is 17.0. The largest absolute Gasteiger partial charge is 0.489 e. The van der Waals surface area contributed by atoms with E-state index < -0.39 is 12.6 Å². The van der Waals surface area contributed by atoms with Crippen LogP contribution in [0.5, 0.6) is 11.5 Å². The van der Waals surface area contributed by atoms with Gasteiger partial charge in [-0.15, -0.1) is 0 Å². The minimum Gasteiger partial charge on any atom is -0.489 e. The highest BCUT2D eigenvalue weighted by atomic mass is 35.5. The molecule has 0 bridgehead atoms. The third kappa shape index (κ3) is 5.15. The van der Waals surface area contributed by atoms with Gasteiger partial charge in [0, 0.05) is 18.8 Å². The number of aromatic nitrogens is 2. The minimum absolute atomic E-state index is 0.148. The number of halogens is 1. The summed E-state index contributed by atoms with van der Waals surface area (Å²) in [5.41, 5.74) is 1.46. The molecule has 8 nitrogen and oxygen atoms in total. The van der Waals surface area contributed by atoms with E-state index in [4.69, 9.17) is 26.2 Å². The second kappa shape index (κ2) is 9.36. The van der Waals surface area contributed by atoms with E-state index in [1.807, 2.05) is 18.2 Å². The van der Waals surface area contributed by atoms with E-state index in [9.17, 15) is 4.79 Å². The van der Waals surface area contributed by atoms with Crippen LogP contribution in [-0.2, 0) is 4.79 Å². The van der Waals surface area contributed by atoms with Gasteiger partial charge >= 0.3 is 5.97 Å². The van der Waals surface area contributed by atoms with E-state index in [0.29, 0.717) is 22.3 Å². The molecule has 9 heteroatoms. The van der Waals surface area contributed by atoms with Gasteiger partial charge in [0.15, 0.2) is 6.61 Å². The van der Waals surface area contributed by atoms with Crippen LogP contribution < -0.4 is 14.8 Å². The Balaban J connectivity index is 1.59. The van der Waals surface area contributed by atoms with Crippen LogP contribution >= 0.6 is 11.6 Å². The third-order valence-electron chi connectivity index (χ3n) is 5.13. The lowest BCUT2D eigenvalue weighted by atomic mass is 10.1. The van der Waals surface area contributed by atoms with Crippen molar-refractivity contribution in [1.82, 2.24) is 14.9 Å². The van der Waals surface area contributed by atoms with Gasteiger partial charge in [-0.1, -0.05) is 17.7 Å². The predicted octanol–water partition coefficient (Wildman–Crippen LogP) is 3.96. The minimum atomic E-state index is -1.07. The first kappa shape index (κ1) is 21.1. The maximum atomic E-state index is 10.7. The topological polar surface area (TPSA) is 96.8 Å². The second-order valence-electron chi connectivity index (χ2n) is 7.45. The first-order valence-corrected chi connectivity index (χ1v) is 10.4. The van der Waals surface area contributed by atoms with Crippen LogP contribution in [0.25, 0.3) is 10.9 Å². The van der Waals surface area contributed by atoms with E-state index in [1.54, 1.807) is 18.2 Å². The summed E-state index contributed by atoms with van der Waals surface area (Å²) in [4.78, 5) is 21.8. The lowest BCUT2D eigenvalue weighted by Crippen LogP contribution is -2.35. The Morgan fingerprint density at radius 3 is 2.77 bits per heavy atom. The van der Waals surface area contributed by atoms with E-state index in [1.165, 1.54) is 6.33 Å². The summed E-state index contributed by atoms with van der Waals surface area (Å²) in [6.07, 6.45) is 3.58. The molecular weight excluding hydrogens is 420 g/mol. The highest BCUT2D eigenvalue weighted by Crippen LogP contribution is 2.34. The van der Waals surface area contributed by atoms with E-state index in [2.05, 4.69) is 27.2 Å². The van der Waals surface area contributed by atoms with E-state index in [-0.39, 0.29) is 6.10 Å². The molecule has 1 saturated heterocycles. The van der Waals surface area contributed by atoms with Gasteiger partial charge in [0.05, 0.1) is 15.9 Å². The Kier molecular flexibility index (Phi) is 6.39. The van der Waals surface area contributed by atoms with Gasteiger partial charge < -0.3 is 24.8 Å².